The van der Waals surface area contributed by atoms with Crippen molar-refractivity contribution in [1.29, 1.82) is 0 Å². The van der Waals surface area contributed by atoms with E-state index in [4.69, 9.17) is 23.6 Å². The molecule has 0 saturated carbocycles. The molecule has 1 heterocycles. The highest BCUT2D eigenvalue weighted by molar-refractivity contribution is 5.76. The molecule has 0 atom stereocenters. The van der Waals surface area contributed by atoms with Crippen molar-refractivity contribution in [1.82, 2.24) is 4.98 Å². The van der Waals surface area contributed by atoms with Crippen LogP contribution in [-0.2, 0) is 27.2 Å². The monoisotopic (exact) mass is 557 g/mol. The second-order valence-electron chi connectivity index (χ2n) is 10.1. The number of carboxylic acids is 1. The summed E-state index contributed by atoms with van der Waals surface area (Å²) >= 11 is 0. The van der Waals surface area contributed by atoms with E-state index in [9.17, 15) is 14.7 Å². The van der Waals surface area contributed by atoms with Gasteiger partial charge in [0.2, 0.25) is 5.89 Å². The van der Waals surface area contributed by atoms with Crippen molar-refractivity contribution < 1.29 is 33.3 Å². The highest BCUT2D eigenvalue weighted by Crippen LogP contribution is 2.28. The smallest absolute Gasteiger partial charge is 0.347 e. The highest BCUT2D eigenvalue weighted by Gasteiger charge is 2.29. The molecule has 0 aliphatic carbocycles. The van der Waals surface area contributed by atoms with Crippen LogP contribution in [0.3, 0.4) is 0 Å². The molecule has 0 fully saturated rings. The van der Waals surface area contributed by atoms with Crippen molar-refractivity contribution in [3.05, 3.63) is 89.8 Å². The average molecular weight is 558 g/mol. The summed E-state index contributed by atoms with van der Waals surface area (Å²) in [5.74, 6) is 1.16. The molecule has 41 heavy (non-hydrogen) atoms. The van der Waals surface area contributed by atoms with E-state index in [0.717, 1.165) is 33.7 Å². The fourth-order valence-electron chi connectivity index (χ4n) is 4.17. The van der Waals surface area contributed by atoms with Crippen molar-refractivity contribution in [2.24, 2.45) is 0 Å². The van der Waals surface area contributed by atoms with E-state index in [0.29, 0.717) is 49.9 Å². The van der Waals surface area contributed by atoms with Crippen molar-refractivity contribution >= 4 is 11.9 Å². The van der Waals surface area contributed by atoms with Crippen LogP contribution < -0.4 is 9.47 Å². The predicted octanol–water partition coefficient (Wildman–Crippen LogP) is 6.68. The van der Waals surface area contributed by atoms with E-state index in [1.165, 1.54) is 13.8 Å². The van der Waals surface area contributed by atoms with Crippen molar-refractivity contribution in [3.63, 3.8) is 0 Å². The third-order valence-electron chi connectivity index (χ3n) is 6.53. The van der Waals surface area contributed by atoms with E-state index in [1.807, 2.05) is 44.2 Å². The SMILES string of the molecule is CCOC(=O)CCc1ccc(-c2cccc(-c3nc(CCOc4ccc(OC(C)(C)C(=O)O)cc4)c(C)o3)c2)cc1. The number of aliphatic carboxylic acids is 1. The number of benzene rings is 3. The van der Waals surface area contributed by atoms with Gasteiger partial charge < -0.3 is 23.7 Å². The van der Waals surface area contributed by atoms with Gasteiger partial charge in [-0.15, -0.1) is 0 Å². The molecule has 0 radical (unpaired) electrons. The second-order valence-corrected chi connectivity index (χ2v) is 10.1. The van der Waals surface area contributed by atoms with Crippen LogP contribution in [0.4, 0.5) is 0 Å². The molecular weight excluding hydrogens is 522 g/mol. The quantitative estimate of drug-likeness (QED) is 0.182. The number of hydrogen-bond donors (Lipinski definition) is 1. The molecule has 0 amide bonds. The van der Waals surface area contributed by atoms with Crippen LogP contribution in [-0.4, -0.2) is 40.8 Å². The summed E-state index contributed by atoms with van der Waals surface area (Å²) in [4.78, 5) is 27.6. The van der Waals surface area contributed by atoms with Crippen LogP contribution in [0, 0.1) is 6.92 Å². The first kappa shape index (κ1) is 29.4. The lowest BCUT2D eigenvalue weighted by atomic mass is 10.0. The lowest BCUT2D eigenvalue weighted by Crippen LogP contribution is -2.37. The highest BCUT2D eigenvalue weighted by atomic mass is 16.5. The molecule has 0 bridgehead atoms. The van der Waals surface area contributed by atoms with Crippen molar-refractivity contribution in [2.45, 2.75) is 52.6 Å². The van der Waals surface area contributed by atoms with Gasteiger partial charge in [-0.1, -0.05) is 36.4 Å². The summed E-state index contributed by atoms with van der Waals surface area (Å²) in [6.07, 6.45) is 1.58. The van der Waals surface area contributed by atoms with Gasteiger partial charge in [-0.2, -0.15) is 0 Å². The van der Waals surface area contributed by atoms with Crippen molar-refractivity contribution in [3.8, 4) is 34.1 Å². The van der Waals surface area contributed by atoms with Gasteiger partial charge >= 0.3 is 11.9 Å². The van der Waals surface area contributed by atoms with Gasteiger partial charge in [-0.3, -0.25) is 4.79 Å². The molecule has 4 rings (SSSR count). The number of oxazole rings is 1. The fraction of sp³-hybridized carbons (Fsp3) is 0.303. The molecule has 0 unspecified atom stereocenters. The zero-order valence-corrected chi connectivity index (χ0v) is 23.8. The normalized spacial score (nSPS) is 11.2. The Kier molecular flexibility index (Phi) is 9.45. The third-order valence-corrected chi connectivity index (χ3v) is 6.53. The molecule has 8 nitrogen and oxygen atoms in total. The zero-order chi connectivity index (χ0) is 29.4. The van der Waals surface area contributed by atoms with Gasteiger partial charge in [-0.25, -0.2) is 9.78 Å². The topological polar surface area (TPSA) is 108 Å². The Balaban J connectivity index is 1.35. The number of ether oxygens (including phenoxy) is 3. The zero-order valence-electron chi connectivity index (χ0n) is 23.8. The van der Waals surface area contributed by atoms with Crippen LogP contribution in [0.1, 0.15) is 44.2 Å². The number of esters is 1. The number of aryl methyl sites for hydroxylation is 2. The maximum absolute atomic E-state index is 11.6. The molecule has 4 aromatic rings. The van der Waals surface area contributed by atoms with Gasteiger partial charge in [0.25, 0.3) is 0 Å². The first-order chi connectivity index (χ1) is 19.6. The Hall–Kier alpha value is -4.59. The largest absolute Gasteiger partial charge is 0.493 e. The molecule has 8 heteroatoms. The molecule has 214 valence electrons. The predicted molar refractivity (Wildman–Crippen MR) is 155 cm³/mol. The molecule has 0 aliphatic heterocycles. The number of nitrogens with zero attached hydrogens (tertiary/aromatic N) is 1. The van der Waals surface area contributed by atoms with Gasteiger partial charge in [0.05, 0.1) is 18.9 Å². The molecule has 3 aromatic carbocycles. The second kappa shape index (κ2) is 13.2. The minimum absolute atomic E-state index is 0.181. The summed E-state index contributed by atoms with van der Waals surface area (Å²) in [5, 5.41) is 9.22. The third kappa shape index (κ3) is 7.97. The van der Waals surface area contributed by atoms with Crippen LogP contribution in [0.15, 0.2) is 77.2 Å². The van der Waals surface area contributed by atoms with Crippen LogP contribution in [0.5, 0.6) is 11.5 Å². The number of carbonyl (C=O) groups is 2. The fourth-order valence-corrected chi connectivity index (χ4v) is 4.17. The van der Waals surface area contributed by atoms with E-state index < -0.39 is 11.6 Å². The minimum atomic E-state index is -1.32. The first-order valence-electron chi connectivity index (χ1n) is 13.6. The summed E-state index contributed by atoms with van der Waals surface area (Å²) < 4.78 is 22.4. The van der Waals surface area contributed by atoms with E-state index in [2.05, 4.69) is 18.2 Å². The van der Waals surface area contributed by atoms with Crippen LogP contribution in [0.2, 0.25) is 0 Å². The average Bonchev–Trinajstić information content (AvgIpc) is 3.33. The Morgan fingerprint density at radius 3 is 2.27 bits per heavy atom. The Bertz CT molecular complexity index is 1470. The number of hydrogen-bond acceptors (Lipinski definition) is 7. The molecule has 0 spiro atoms. The van der Waals surface area contributed by atoms with Gasteiger partial charge in [-0.05, 0) is 87.2 Å². The molecule has 1 aromatic heterocycles. The summed E-state index contributed by atoms with van der Waals surface area (Å²) in [7, 11) is 0. The Morgan fingerprint density at radius 2 is 1.59 bits per heavy atom. The summed E-state index contributed by atoms with van der Waals surface area (Å²) in [6.45, 7) is 7.49. The maximum atomic E-state index is 11.6. The van der Waals surface area contributed by atoms with Crippen LogP contribution in [0.25, 0.3) is 22.6 Å². The van der Waals surface area contributed by atoms with Gasteiger partial charge in [0.15, 0.2) is 5.60 Å². The number of carbonyl (C=O) groups excluding carboxylic acids is 1. The van der Waals surface area contributed by atoms with Crippen LogP contribution >= 0.6 is 0 Å². The first-order valence-corrected chi connectivity index (χ1v) is 13.6. The van der Waals surface area contributed by atoms with E-state index >= 15 is 0 Å². The number of rotatable bonds is 13. The Morgan fingerprint density at radius 1 is 0.902 bits per heavy atom. The number of aromatic nitrogens is 1. The lowest BCUT2D eigenvalue weighted by molar-refractivity contribution is -0.152. The van der Waals surface area contributed by atoms with E-state index in [1.54, 1.807) is 24.3 Å². The minimum Gasteiger partial charge on any atom is -0.493 e. The summed E-state index contributed by atoms with van der Waals surface area (Å²) in [5.41, 5.74) is 3.57. The summed E-state index contributed by atoms with van der Waals surface area (Å²) in [6, 6.07) is 23.1. The molecule has 0 saturated heterocycles. The Labute approximate surface area is 239 Å². The lowest BCUT2D eigenvalue weighted by Gasteiger charge is -2.21. The van der Waals surface area contributed by atoms with Gasteiger partial charge in [0, 0.05) is 18.4 Å². The molecule has 0 aliphatic rings. The van der Waals surface area contributed by atoms with Gasteiger partial charge in [0.1, 0.15) is 17.3 Å². The van der Waals surface area contributed by atoms with Crippen molar-refractivity contribution in [2.75, 3.05) is 13.2 Å². The number of carboxylic acid groups (broad SMARTS) is 1. The van der Waals surface area contributed by atoms with E-state index in [-0.39, 0.29) is 5.97 Å². The standard InChI is InChI=1S/C33H35NO7/c1-5-38-30(35)18-11-23-9-12-24(13-10-23)25-7-6-8-26(21-25)31-34-29(22(2)40-31)19-20-39-27-14-16-28(17-15-27)41-33(3,4)32(36)37/h6-10,12-17,21H,5,11,18-20H2,1-4H3,(H,36,37). The molecular formula is C33H35NO7. The maximum Gasteiger partial charge on any atom is 0.347 e. The molecule has 1 N–H and O–H groups in total.